The van der Waals surface area contributed by atoms with Crippen LogP contribution in [0.3, 0.4) is 0 Å². The number of nitrogens with one attached hydrogen (secondary N) is 5. The van der Waals surface area contributed by atoms with Gasteiger partial charge < -0.3 is 53.0 Å². The number of methoxy groups -OCH3 is 2. The smallest absolute Gasteiger partial charge is 0.431 e. The standard InChI is InChI=1S/C25H25F3N2O6.C15H16F3N5O4S.C14H10F4N4O7S.C3H8NO5P.C3H9S/c1-5-16-6-7-17(20(12-16)36-15(2)23(32)34-4)14-35-19-10-8-18(9-11-19)30-22(31)13-21(25(26,27)28)29(3)24(30)33;1-9-19-12(22-14(20-9)27-2)21-13(24)23-28(25,26)11-6-4-3-5-10(11)7-8-15(16,17)18;15-11(16)28-8-5-9(29-12(17)18)20-13(19-8)21-14(25)22-30(26,27)7-4-2-1-3-6(7)10(23)24;5-3(6)1-4-2-10(7,8)9;1-4(2)3/h6-13,15H,5,14H2,1-4H3;3-6H,7-8H2,1-2H3,(H2,19,20,21,22,23,24);1-5,11-12H,(H,23,24)(H2,19,20,21,22,25);4H,1-2H2,(H,5,6)(H2,7,8,9);1-3H3/q;;;;+1/p-1. The highest BCUT2D eigenvalue weighted by Gasteiger charge is 2.35. The van der Waals surface area contributed by atoms with E-state index in [9.17, 15) is 104 Å². The van der Waals surface area contributed by atoms with E-state index < -0.39 is 165 Å². The monoisotopic (exact) mass is 1620 g/mol. The number of rotatable bonds is 26. The van der Waals surface area contributed by atoms with Crippen molar-refractivity contribution in [2.24, 2.45) is 7.05 Å². The van der Waals surface area contributed by atoms with Crippen LogP contribution >= 0.6 is 7.60 Å². The van der Waals surface area contributed by atoms with Crippen molar-refractivity contribution >= 4 is 80.4 Å². The summed E-state index contributed by atoms with van der Waals surface area (Å²) in [5.41, 5.74) is -2.52. The third kappa shape index (κ3) is 32.1. The third-order valence-electron chi connectivity index (χ3n) is 12.3. The molecule has 2 atom stereocenters. The molecule has 0 aliphatic carbocycles. The number of esters is 1. The number of aromatic nitrogens is 7. The lowest BCUT2D eigenvalue weighted by molar-refractivity contribution is -0.193. The maximum atomic E-state index is 13.1. The summed E-state index contributed by atoms with van der Waals surface area (Å²) < 4.78 is 218. The second-order valence-electron chi connectivity index (χ2n) is 21.2. The van der Waals surface area contributed by atoms with Crippen molar-refractivity contribution in [2.45, 2.75) is 88.1 Å². The number of halogens is 10. The lowest BCUT2D eigenvalue weighted by Gasteiger charge is -2.17. The molecule has 0 fully saturated rings. The predicted octanol–water partition coefficient (Wildman–Crippen LogP) is 6.38. The second kappa shape index (κ2) is 41.4. The zero-order valence-electron chi connectivity index (χ0n) is 57.5. The molecular weight excluding hydrogens is 1560 g/mol. The van der Waals surface area contributed by atoms with E-state index in [1.54, 1.807) is 17.0 Å². The van der Waals surface area contributed by atoms with Crippen LogP contribution in [0, 0.1) is 6.92 Å². The highest BCUT2D eigenvalue weighted by molar-refractivity contribution is 7.94. The molecule has 4 amide bonds. The molecule has 34 nitrogen and oxygen atoms in total. The van der Waals surface area contributed by atoms with E-state index in [-0.39, 0.29) is 35.6 Å². The molecule has 108 heavy (non-hydrogen) atoms. The van der Waals surface area contributed by atoms with E-state index in [4.69, 9.17) is 34.1 Å². The van der Waals surface area contributed by atoms with Gasteiger partial charge in [-0.3, -0.25) is 30.1 Å². The number of aromatic carboxylic acids is 1. The quantitative estimate of drug-likeness (QED) is 0.0126. The normalized spacial score (nSPS) is 12.1. The van der Waals surface area contributed by atoms with Crippen molar-refractivity contribution in [3.8, 4) is 35.0 Å². The van der Waals surface area contributed by atoms with Crippen LogP contribution in [-0.4, -0.2) is 167 Å². The minimum Gasteiger partial charge on any atom is -0.778 e. The zero-order chi connectivity index (χ0) is 81.8. The fraction of sp³-hybridized carbons (Fsp3) is 0.333. The van der Waals surface area contributed by atoms with Crippen molar-refractivity contribution in [2.75, 3.05) is 56.5 Å². The Kier molecular flexibility index (Phi) is 35.1. The highest BCUT2D eigenvalue weighted by Crippen LogP contribution is 2.30. The maximum Gasteiger partial charge on any atom is 0.431 e. The number of hydrogen-bond donors (Lipinski definition) is 8. The largest absolute Gasteiger partial charge is 0.778 e. The van der Waals surface area contributed by atoms with Gasteiger partial charge in [-0.1, -0.05) is 49.4 Å². The van der Waals surface area contributed by atoms with Gasteiger partial charge in [0.05, 0.1) is 68.0 Å². The molecule has 2 unspecified atom stereocenters. The van der Waals surface area contributed by atoms with E-state index in [1.165, 1.54) is 80.5 Å². The first-order valence-electron chi connectivity index (χ1n) is 29.7. The van der Waals surface area contributed by atoms with Crippen molar-refractivity contribution in [1.82, 2.24) is 48.8 Å². The Balaban J connectivity index is 0.000000387. The molecule has 0 saturated heterocycles. The first-order valence-corrected chi connectivity index (χ1v) is 36.9. The number of nitrogens with zero attached hydrogens (tertiary/aromatic N) is 7. The Morgan fingerprint density at radius 3 is 1.73 bits per heavy atom. The molecule has 48 heteroatoms. The van der Waals surface area contributed by atoms with Gasteiger partial charge in [0.25, 0.3) is 25.6 Å². The van der Waals surface area contributed by atoms with Crippen LogP contribution in [-0.2, 0) is 82.5 Å². The molecule has 0 bridgehead atoms. The number of aryl methyl sites for hydroxylation is 3. The number of carbonyl (C=O) groups excluding carboxylic acids is 3. The molecule has 7 rings (SSSR count). The molecule has 7 aromatic rings. The molecule has 592 valence electrons. The molecule has 0 saturated carbocycles. The van der Waals surface area contributed by atoms with Crippen LogP contribution < -0.4 is 65.2 Å². The summed E-state index contributed by atoms with van der Waals surface area (Å²) in [6, 6.07) is 18.7. The predicted molar refractivity (Wildman–Crippen MR) is 359 cm³/mol. The molecule has 3 aromatic heterocycles. The number of alkyl halides is 10. The fourth-order valence-electron chi connectivity index (χ4n) is 7.85. The van der Waals surface area contributed by atoms with Crippen molar-refractivity contribution in [3.05, 3.63) is 158 Å². The summed E-state index contributed by atoms with van der Waals surface area (Å²) in [4.78, 5) is 116. The van der Waals surface area contributed by atoms with Gasteiger partial charge in [0.2, 0.25) is 23.7 Å². The first kappa shape index (κ1) is 91.5. The number of anilines is 2. The summed E-state index contributed by atoms with van der Waals surface area (Å²) in [6.07, 6.45) is -5.23. The first-order chi connectivity index (χ1) is 50.1. The molecule has 8 N–H and O–H groups in total. The van der Waals surface area contributed by atoms with Gasteiger partial charge in [-0.15, -0.1) is 0 Å². The minimum atomic E-state index is -4.84. The Labute approximate surface area is 608 Å². The molecule has 4 aromatic carbocycles. The number of carboxylic acids is 2. The SMILES string of the molecule is CCc1ccc(COc2ccc(-n3c(=O)cc(C(F)(F)F)n(C)c3=O)cc2)c(OC(C)C(=O)OC)c1.COc1nc(C)nc(NC(=O)NS(=O)(=O)c2ccccc2CCC(F)(F)F)n1.C[S+](C)C.O=C(Nc1nc(OC(F)F)cc(OC(F)F)n1)NS(=O)(=O)c1ccccc1C(=O)O.O=C(O)CNCP(=O)([O-])O. The van der Waals surface area contributed by atoms with Crippen LogP contribution in [0.1, 0.15) is 58.8 Å². The maximum absolute atomic E-state index is 13.1. The number of carbonyl (C=O) groups is 5. The molecule has 0 radical (unpaired) electrons. The number of benzene rings is 4. The van der Waals surface area contributed by atoms with Gasteiger partial charge in [0.15, 0.2) is 6.10 Å². The Bertz CT molecular complexity index is 4630. The van der Waals surface area contributed by atoms with E-state index in [0.717, 1.165) is 37.2 Å². The lowest BCUT2D eigenvalue weighted by Crippen LogP contribution is -2.40. The number of sulfonamides is 2. The van der Waals surface area contributed by atoms with Gasteiger partial charge >= 0.3 is 67.2 Å². The lowest BCUT2D eigenvalue weighted by atomic mass is 10.1. The van der Waals surface area contributed by atoms with Gasteiger partial charge in [0, 0.05) is 25.1 Å². The van der Waals surface area contributed by atoms with Crippen molar-refractivity contribution in [3.63, 3.8) is 0 Å². The fourth-order valence-corrected chi connectivity index (χ4v) is 10.5. The average Bonchev–Trinajstić information content (AvgIpc) is 0.773. The number of hydrogen-bond acceptors (Lipinski definition) is 25. The zero-order valence-corrected chi connectivity index (χ0v) is 60.8. The molecule has 0 spiro atoms. The summed E-state index contributed by atoms with van der Waals surface area (Å²) in [5, 5.41) is 22.8. The number of carboxylic acid groups (broad SMARTS) is 2. The third-order valence-corrected chi connectivity index (χ3v) is 15.8. The van der Waals surface area contributed by atoms with Crippen molar-refractivity contribution in [1.29, 1.82) is 0 Å². The van der Waals surface area contributed by atoms with E-state index in [1.807, 2.05) is 30.4 Å². The molecular formula is C60H67F10N12O22PS3. The highest BCUT2D eigenvalue weighted by atomic mass is 32.2. The number of amides is 4. The van der Waals surface area contributed by atoms with Crippen LogP contribution in [0.25, 0.3) is 5.69 Å². The van der Waals surface area contributed by atoms with Gasteiger partial charge in [-0.25, -0.2) is 54.8 Å². The summed E-state index contributed by atoms with van der Waals surface area (Å²) in [6.45, 7) is -2.16. The summed E-state index contributed by atoms with van der Waals surface area (Å²) in [7, 11) is -9.35. The van der Waals surface area contributed by atoms with Crippen LogP contribution in [0.15, 0.2) is 123 Å². The molecule has 0 aliphatic heterocycles. The number of urea groups is 2. The number of ether oxygens (including phenoxy) is 6. The summed E-state index contributed by atoms with van der Waals surface area (Å²) >= 11 is 0. The van der Waals surface area contributed by atoms with Crippen LogP contribution in [0.5, 0.6) is 29.3 Å². The minimum absolute atomic E-state index is 0.0715. The van der Waals surface area contributed by atoms with Gasteiger partial charge in [-0.2, -0.15) is 68.8 Å². The second-order valence-corrected chi connectivity index (χ2v) is 28.5. The van der Waals surface area contributed by atoms with E-state index in [0.29, 0.717) is 49.2 Å². The van der Waals surface area contributed by atoms with Crippen LogP contribution in [0.4, 0.5) is 65.4 Å². The van der Waals surface area contributed by atoms with Gasteiger partial charge in [0.1, 0.15) is 42.1 Å². The van der Waals surface area contributed by atoms with E-state index >= 15 is 0 Å². The Morgan fingerprint density at radius 1 is 0.713 bits per heavy atom. The molecule has 0 aliphatic rings. The average molecular weight is 1630 g/mol. The van der Waals surface area contributed by atoms with Crippen LogP contribution in [0.2, 0.25) is 0 Å². The summed E-state index contributed by atoms with van der Waals surface area (Å²) in [5.74, 6) is -5.36. The Morgan fingerprint density at radius 2 is 1.24 bits per heavy atom. The van der Waals surface area contributed by atoms with Crippen molar-refractivity contribution < 1.29 is 138 Å². The topological polar surface area (TPSA) is 478 Å². The number of aliphatic carboxylic acids is 1. The van der Waals surface area contributed by atoms with E-state index in [2.05, 4.69) is 58.5 Å². The Hall–Kier alpha value is -10.7. The molecule has 3 heterocycles. The van der Waals surface area contributed by atoms with Gasteiger partial charge in [-0.05, 0) is 97.2 Å².